The molecule has 0 bridgehead atoms. The number of anilines is 1. The van der Waals surface area contributed by atoms with E-state index >= 15 is 0 Å². The van der Waals surface area contributed by atoms with Crippen LogP contribution in [0.2, 0.25) is 5.02 Å². The molecule has 0 saturated carbocycles. The largest absolute Gasteiger partial charge is 0.396 e. The number of alkyl halides is 2. The SMILES string of the molecule is Nc1c(Cl)cnc(C(F)F)c1S(N)(=O)=O. The Morgan fingerprint density at radius 3 is 2.40 bits per heavy atom. The summed E-state index contributed by atoms with van der Waals surface area (Å²) in [5.41, 5.74) is 3.72. The highest BCUT2D eigenvalue weighted by Gasteiger charge is 2.26. The molecule has 4 N–H and O–H groups in total. The first kappa shape index (κ1) is 12.1. The molecule has 0 aromatic carbocycles. The first-order valence-corrected chi connectivity index (χ1v) is 5.42. The predicted molar refractivity (Wildman–Crippen MR) is 50.0 cm³/mol. The minimum absolute atomic E-state index is 0.247. The van der Waals surface area contributed by atoms with Crippen LogP contribution >= 0.6 is 11.6 Å². The van der Waals surface area contributed by atoms with E-state index in [0.29, 0.717) is 0 Å². The molecule has 9 heteroatoms. The number of nitrogens with two attached hydrogens (primary N) is 2. The highest BCUT2D eigenvalue weighted by atomic mass is 35.5. The Bertz CT molecular complexity index is 491. The van der Waals surface area contributed by atoms with Gasteiger partial charge in [-0.3, -0.25) is 4.98 Å². The van der Waals surface area contributed by atoms with Crippen LogP contribution in [0.5, 0.6) is 0 Å². The van der Waals surface area contributed by atoms with Crippen LogP contribution in [0, 0.1) is 0 Å². The second kappa shape index (κ2) is 3.87. The molecular weight excluding hydrogens is 252 g/mol. The Kier molecular flexibility index (Phi) is 3.12. The van der Waals surface area contributed by atoms with Crippen LogP contribution in [0.25, 0.3) is 0 Å². The Balaban J connectivity index is 3.65. The lowest BCUT2D eigenvalue weighted by Crippen LogP contribution is -2.18. The number of sulfonamides is 1. The average Bonchev–Trinajstić information content (AvgIpc) is 2.06. The topological polar surface area (TPSA) is 99.1 Å². The van der Waals surface area contributed by atoms with Crippen molar-refractivity contribution in [3.63, 3.8) is 0 Å². The van der Waals surface area contributed by atoms with Crippen LogP contribution in [0.3, 0.4) is 0 Å². The van der Waals surface area contributed by atoms with Gasteiger partial charge in [-0.25, -0.2) is 22.3 Å². The standard InChI is InChI=1S/C6H6ClF2N3O2S/c7-2-1-12-4(6(8)9)5(3(2)10)15(11,13)14/h1,6H,(H2,10,12)(H2,11,13,14). The smallest absolute Gasteiger partial charge is 0.281 e. The maximum absolute atomic E-state index is 12.4. The van der Waals surface area contributed by atoms with E-state index in [2.05, 4.69) is 4.98 Å². The quantitative estimate of drug-likeness (QED) is 0.822. The van der Waals surface area contributed by atoms with Gasteiger partial charge in [-0.1, -0.05) is 11.6 Å². The zero-order valence-corrected chi connectivity index (χ0v) is 8.69. The summed E-state index contributed by atoms with van der Waals surface area (Å²) in [5, 5.41) is 4.48. The fraction of sp³-hybridized carbons (Fsp3) is 0.167. The van der Waals surface area contributed by atoms with Crippen LogP contribution in [-0.4, -0.2) is 13.4 Å². The summed E-state index contributed by atoms with van der Waals surface area (Å²) < 4.78 is 46.8. The Morgan fingerprint density at radius 2 is 2.00 bits per heavy atom. The van der Waals surface area contributed by atoms with Crippen molar-refractivity contribution in [2.75, 3.05) is 5.73 Å². The second-order valence-corrected chi connectivity index (χ2v) is 4.49. The van der Waals surface area contributed by atoms with Gasteiger partial charge in [0, 0.05) is 6.20 Å². The van der Waals surface area contributed by atoms with Crippen molar-refractivity contribution in [3.8, 4) is 0 Å². The molecule has 1 heterocycles. The third-order valence-corrected chi connectivity index (χ3v) is 2.84. The van der Waals surface area contributed by atoms with E-state index in [1.165, 1.54) is 0 Å². The van der Waals surface area contributed by atoms with Gasteiger partial charge in [0.25, 0.3) is 6.43 Å². The van der Waals surface area contributed by atoms with Crippen molar-refractivity contribution in [3.05, 3.63) is 16.9 Å². The van der Waals surface area contributed by atoms with Crippen LogP contribution in [0.4, 0.5) is 14.5 Å². The molecule has 5 nitrogen and oxygen atoms in total. The number of hydrogen-bond donors (Lipinski definition) is 2. The molecular formula is C6H6ClF2N3O2S. The van der Waals surface area contributed by atoms with E-state index in [0.717, 1.165) is 6.20 Å². The second-order valence-electron chi connectivity index (χ2n) is 2.58. The van der Waals surface area contributed by atoms with Crippen LogP contribution in [-0.2, 0) is 10.0 Å². The van der Waals surface area contributed by atoms with Crippen molar-refractivity contribution >= 4 is 27.3 Å². The van der Waals surface area contributed by atoms with Crippen LogP contribution in [0.15, 0.2) is 11.1 Å². The lowest BCUT2D eigenvalue weighted by Gasteiger charge is -2.09. The molecule has 15 heavy (non-hydrogen) atoms. The van der Waals surface area contributed by atoms with Gasteiger partial charge in [0.2, 0.25) is 10.0 Å². The molecule has 0 fully saturated rings. The molecule has 0 atom stereocenters. The number of halogens is 3. The Morgan fingerprint density at radius 1 is 1.47 bits per heavy atom. The summed E-state index contributed by atoms with van der Waals surface area (Å²) in [5.74, 6) is 0. The maximum atomic E-state index is 12.4. The minimum Gasteiger partial charge on any atom is -0.396 e. The molecule has 0 saturated heterocycles. The number of hydrogen-bond acceptors (Lipinski definition) is 4. The molecule has 0 aliphatic heterocycles. The van der Waals surface area contributed by atoms with Crippen molar-refractivity contribution < 1.29 is 17.2 Å². The molecule has 0 unspecified atom stereocenters. The van der Waals surface area contributed by atoms with Gasteiger partial charge in [-0.15, -0.1) is 0 Å². The summed E-state index contributed by atoms with van der Waals surface area (Å²) in [7, 11) is -4.38. The lowest BCUT2D eigenvalue weighted by atomic mass is 10.3. The molecule has 0 spiro atoms. The molecule has 0 radical (unpaired) electrons. The highest BCUT2D eigenvalue weighted by molar-refractivity contribution is 7.89. The van der Waals surface area contributed by atoms with Gasteiger partial charge >= 0.3 is 0 Å². The highest BCUT2D eigenvalue weighted by Crippen LogP contribution is 2.32. The van der Waals surface area contributed by atoms with Crippen molar-refractivity contribution in [2.24, 2.45) is 5.14 Å². The first-order valence-electron chi connectivity index (χ1n) is 3.50. The molecule has 0 amide bonds. The van der Waals surface area contributed by atoms with Crippen molar-refractivity contribution in [1.82, 2.24) is 4.98 Å². The Hall–Kier alpha value is -0.990. The number of primary sulfonamides is 1. The summed E-state index contributed by atoms with van der Waals surface area (Å²) in [6.45, 7) is 0. The number of nitrogen functional groups attached to an aromatic ring is 1. The van der Waals surface area contributed by atoms with E-state index in [9.17, 15) is 17.2 Å². The van der Waals surface area contributed by atoms with E-state index in [-0.39, 0.29) is 5.02 Å². The van der Waals surface area contributed by atoms with E-state index in [4.69, 9.17) is 22.5 Å². The predicted octanol–water partition coefficient (Wildman–Crippen LogP) is 0.902. The van der Waals surface area contributed by atoms with E-state index in [1.54, 1.807) is 0 Å². The first-order chi connectivity index (χ1) is 6.75. The summed E-state index contributed by atoms with van der Waals surface area (Å²) >= 11 is 5.44. The summed E-state index contributed by atoms with van der Waals surface area (Å²) in [4.78, 5) is 2.26. The third-order valence-electron chi connectivity index (χ3n) is 1.54. The molecule has 84 valence electrons. The third kappa shape index (κ3) is 2.33. The van der Waals surface area contributed by atoms with Crippen LogP contribution in [0.1, 0.15) is 12.1 Å². The van der Waals surface area contributed by atoms with E-state index < -0.39 is 32.7 Å². The van der Waals surface area contributed by atoms with Gasteiger partial charge in [0.15, 0.2) is 0 Å². The van der Waals surface area contributed by atoms with Gasteiger partial charge in [0.1, 0.15) is 10.6 Å². The zero-order chi connectivity index (χ0) is 11.8. The van der Waals surface area contributed by atoms with Gasteiger partial charge in [0.05, 0.1) is 10.7 Å². The van der Waals surface area contributed by atoms with Crippen molar-refractivity contribution in [2.45, 2.75) is 11.3 Å². The van der Waals surface area contributed by atoms with E-state index in [1.807, 2.05) is 0 Å². The summed E-state index contributed by atoms with van der Waals surface area (Å²) in [6, 6.07) is 0. The molecule has 0 aliphatic carbocycles. The molecule has 0 aliphatic rings. The molecule has 1 aromatic heterocycles. The number of pyridine rings is 1. The maximum Gasteiger partial charge on any atom is 0.281 e. The van der Waals surface area contributed by atoms with Gasteiger partial charge in [-0.2, -0.15) is 0 Å². The van der Waals surface area contributed by atoms with Gasteiger partial charge in [-0.05, 0) is 0 Å². The minimum atomic E-state index is -4.38. The number of rotatable bonds is 2. The zero-order valence-electron chi connectivity index (χ0n) is 7.12. The van der Waals surface area contributed by atoms with Crippen molar-refractivity contribution in [1.29, 1.82) is 0 Å². The average molecular weight is 258 g/mol. The Labute approximate surface area is 89.1 Å². The van der Waals surface area contributed by atoms with Gasteiger partial charge < -0.3 is 5.73 Å². The lowest BCUT2D eigenvalue weighted by molar-refractivity contribution is 0.142. The fourth-order valence-corrected chi connectivity index (χ4v) is 2.00. The van der Waals surface area contributed by atoms with Crippen LogP contribution < -0.4 is 10.9 Å². The summed E-state index contributed by atoms with van der Waals surface area (Å²) in [6.07, 6.45) is -2.26. The normalized spacial score (nSPS) is 12.1. The monoisotopic (exact) mass is 257 g/mol. The molecule has 1 rings (SSSR count). The number of nitrogens with zero attached hydrogens (tertiary/aromatic N) is 1. The number of aromatic nitrogens is 1. The molecule has 1 aromatic rings. The fourth-order valence-electron chi connectivity index (χ4n) is 0.955.